The SMILES string of the molecule is FC1(F)CCC(c2nc3ncc(Br)cc3[nH]2)CC1. The summed E-state index contributed by atoms with van der Waals surface area (Å²) >= 11 is 3.34. The topological polar surface area (TPSA) is 41.6 Å². The van der Waals surface area contributed by atoms with E-state index in [4.69, 9.17) is 0 Å². The Kier molecular flexibility index (Phi) is 2.84. The molecule has 0 radical (unpaired) electrons. The number of nitrogens with one attached hydrogen (secondary N) is 1. The highest BCUT2D eigenvalue weighted by atomic mass is 79.9. The first kappa shape index (κ1) is 12.0. The van der Waals surface area contributed by atoms with Crippen molar-refractivity contribution >= 4 is 27.1 Å². The molecule has 1 fully saturated rings. The minimum absolute atomic E-state index is 0.0498. The standard InChI is InChI=1S/C12H12BrF2N3/c13-8-5-9-11(16-6-8)18-10(17-9)7-1-3-12(14,15)4-2-7/h5-7H,1-4H2,(H,16,17,18). The number of nitrogens with zero attached hydrogens (tertiary/aromatic N) is 2. The minimum atomic E-state index is -2.50. The maximum absolute atomic E-state index is 13.1. The molecule has 0 spiro atoms. The summed E-state index contributed by atoms with van der Waals surface area (Å²) in [6.45, 7) is 0. The van der Waals surface area contributed by atoms with E-state index < -0.39 is 5.92 Å². The van der Waals surface area contributed by atoms with Gasteiger partial charge in [-0.1, -0.05) is 0 Å². The number of fused-ring (bicyclic) bond motifs is 1. The summed E-state index contributed by atoms with van der Waals surface area (Å²) in [4.78, 5) is 11.8. The molecule has 0 bridgehead atoms. The van der Waals surface area contributed by atoms with Crippen LogP contribution in [0.3, 0.4) is 0 Å². The molecule has 96 valence electrons. The molecule has 0 amide bonds. The lowest BCUT2D eigenvalue weighted by atomic mass is 9.86. The lowest BCUT2D eigenvalue weighted by Gasteiger charge is -2.26. The highest BCUT2D eigenvalue weighted by molar-refractivity contribution is 9.10. The van der Waals surface area contributed by atoms with E-state index in [0.717, 1.165) is 15.8 Å². The predicted molar refractivity (Wildman–Crippen MR) is 67.7 cm³/mol. The van der Waals surface area contributed by atoms with Crippen molar-refractivity contribution in [3.8, 4) is 0 Å². The number of pyridine rings is 1. The zero-order valence-electron chi connectivity index (χ0n) is 9.59. The van der Waals surface area contributed by atoms with E-state index in [0.29, 0.717) is 18.5 Å². The van der Waals surface area contributed by atoms with Crippen LogP contribution < -0.4 is 0 Å². The van der Waals surface area contributed by atoms with Crippen molar-refractivity contribution in [2.75, 3.05) is 0 Å². The summed E-state index contributed by atoms with van der Waals surface area (Å²) in [6, 6.07) is 1.90. The Morgan fingerprint density at radius 3 is 2.78 bits per heavy atom. The van der Waals surface area contributed by atoms with Crippen molar-refractivity contribution in [1.82, 2.24) is 15.0 Å². The number of rotatable bonds is 1. The van der Waals surface area contributed by atoms with Crippen LogP contribution in [0.25, 0.3) is 11.2 Å². The van der Waals surface area contributed by atoms with Gasteiger partial charge in [0.25, 0.3) is 0 Å². The highest BCUT2D eigenvalue weighted by Gasteiger charge is 2.36. The van der Waals surface area contributed by atoms with Gasteiger partial charge in [-0.25, -0.2) is 18.7 Å². The second-order valence-electron chi connectivity index (χ2n) is 4.78. The van der Waals surface area contributed by atoms with E-state index in [1.165, 1.54) is 0 Å². The van der Waals surface area contributed by atoms with Crippen LogP contribution in [0, 0.1) is 0 Å². The molecule has 0 atom stereocenters. The van der Waals surface area contributed by atoms with Gasteiger partial charge in [0.2, 0.25) is 5.92 Å². The molecule has 3 rings (SSSR count). The molecule has 2 aromatic rings. The Bertz CT molecular complexity index is 572. The van der Waals surface area contributed by atoms with E-state index in [-0.39, 0.29) is 18.8 Å². The zero-order chi connectivity index (χ0) is 12.8. The summed E-state index contributed by atoms with van der Waals surface area (Å²) in [6.07, 6.45) is 2.54. The maximum Gasteiger partial charge on any atom is 0.248 e. The van der Waals surface area contributed by atoms with Crippen LogP contribution in [-0.2, 0) is 0 Å². The first-order valence-electron chi connectivity index (χ1n) is 5.92. The molecule has 1 aliphatic rings. The van der Waals surface area contributed by atoms with Gasteiger partial charge in [-0.05, 0) is 34.8 Å². The molecule has 1 N–H and O–H groups in total. The molecule has 0 aromatic carbocycles. The predicted octanol–water partition coefficient (Wildman–Crippen LogP) is 4.01. The van der Waals surface area contributed by atoms with Crippen LogP contribution >= 0.6 is 15.9 Å². The molecule has 0 saturated heterocycles. The molecule has 0 unspecified atom stereocenters. The second kappa shape index (κ2) is 4.26. The van der Waals surface area contributed by atoms with E-state index in [1.54, 1.807) is 6.20 Å². The first-order valence-corrected chi connectivity index (χ1v) is 6.72. The van der Waals surface area contributed by atoms with Crippen molar-refractivity contribution in [3.05, 3.63) is 22.6 Å². The van der Waals surface area contributed by atoms with Crippen molar-refractivity contribution in [2.45, 2.75) is 37.5 Å². The van der Waals surface area contributed by atoms with E-state index in [9.17, 15) is 8.78 Å². The lowest BCUT2D eigenvalue weighted by molar-refractivity contribution is -0.0387. The monoisotopic (exact) mass is 315 g/mol. The van der Waals surface area contributed by atoms with Crippen LogP contribution in [0.5, 0.6) is 0 Å². The zero-order valence-corrected chi connectivity index (χ0v) is 11.2. The van der Waals surface area contributed by atoms with Gasteiger partial charge in [0.1, 0.15) is 5.82 Å². The number of hydrogen-bond acceptors (Lipinski definition) is 2. The van der Waals surface area contributed by atoms with Gasteiger partial charge in [-0.15, -0.1) is 0 Å². The van der Waals surface area contributed by atoms with E-state index >= 15 is 0 Å². The van der Waals surface area contributed by atoms with Gasteiger partial charge >= 0.3 is 0 Å². The molecule has 18 heavy (non-hydrogen) atoms. The van der Waals surface area contributed by atoms with Gasteiger partial charge in [0.15, 0.2) is 5.65 Å². The fourth-order valence-electron chi connectivity index (χ4n) is 2.40. The lowest BCUT2D eigenvalue weighted by Crippen LogP contribution is -2.24. The summed E-state index contributed by atoms with van der Waals surface area (Å²) in [5, 5.41) is 0. The van der Waals surface area contributed by atoms with E-state index in [1.807, 2.05) is 6.07 Å². The Labute approximate surface area is 111 Å². The van der Waals surface area contributed by atoms with Crippen LogP contribution in [0.15, 0.2) is 16.7 Å². The van der Waals surface area contributed by atoms with Crippen molar-refractivity contribution in [1.29, 1.82) is 0 Å². The van der Waals surface area contributed by atoms with Gasteiger partial charge in [0, 0.05) is 29.4 Å². The fourth-order valence-corrected chi connectivity index (χ4v) is 2.73. The molecule has 2 heterocycles. The maximum atomic E-state index is 13.1. The first-order chi connectivity index (χ1) is 8.53. The average molecular weight is 316 g/mol. The number of alkyl halides is 2. The normalized spacial score (nSPS) is 20.4. The average Bonchev–Trinajstić information content (AvgIpc) is 2.71. The third-order valence-electron chi connectivity index (χ3n) is 3.43. The van der Waals surface area contributed by atoms with Crippen LogP contribution in [0.1, 0.15) is 37.4 Å². The third kappa shape index (κ3) is 2.25. The number of imidazole rings is 1. The Morgan fingerprint density at radius 2 is 2.06 bits per heavy atom. The van der Waals surface area contributed by atoms with Crippen LogP contribution in [0.4, 0.5) is 8.78 Å². The number of H-pyrrole nitrogens is 1. The Morgan fingerprint density at radius 1 is 1.33 bits per heavy atom. The van der Waals surface area contributed by atoms with Crippen molar-refractivity contribution in [2.24, 2.45) is 0 Å². The summed E-state index contributed by atoms with van der Waals surface area (Å²) in [5.74, 6) is -1.62. The second-order valence-corrected chi connectivity index (χ2v) is 5.69. The molecule has 1 saturated carbocycles. The van der Waals surface area contributed by atoms with Gasteiger partial charge < -0.3 is 4.98 Å². The van der Waals surface area contributed by atoms with Crippen molar-refractivity contribution in [3.63, 3.8) is 0 Å². The highest BCUT2D eigenvalue weighted by Crippen LogP contribution is 2.40. The molecule has 6 heteroatoms. The molecule has 2 aromatic heterocycles. The van der Waals surface area contributed by atoms with Crippen LogP contribution in [0.2, 0.25) is 0 Å². The number of hydrogen-bond donors (Lipinski definition) is 1. The molecular weight excluding hydrogens is 304 g/mol. The van der Waals surface area contributed by atoms with Gasteiger partial charge in [-0.2, -0.15) is 0 Å². The number of aromatic nitrogens is 3. The quantitative estimate of drug-likeness (QED) is 0.863. The number of aromatic amines is 1. The smallest absolute Gasteiger partial charge is 0.248 e. The Hall–Kier alpha value is -1.04. The Balaban J connectivity index is 1.87. The van der Waals surface area contributed by atoms with Crippen LogP contribution in [-0.4, -0.2) is 20.9 Å². The van der Waals surface area contributed by atoms with E-state index in [2.05, 4.69) is 30.9 Å². The molecular formula is C12H12BrF2N3. The minimum Gasteiger partial charge on any atom is -0.340 e. The molecule has 3 nitrogen and oxygen atoms in total. The largest absolute Gasteiger partial charge is 0.340 e. The summed E-state index contributed by atoms with van der Waals surface area (Å²) in [7, 11) is 0. The fraction of sp³-hybridized carbons (Fsp3) is 0.500. The summed E-state index contributed by atoms with van der Waals surface area (Å²) < 4.78 is 27.1. The number of halogens is 3. The molecule has 0 aliphatic heterocycles. The summed E-state index contributed by atoms with van der Waals surface area (Å²) in [5.41, 5.74) is 1.49. The van der Waals surface area contributed by atoms with Crippen molar-refractivity contribution < 1.29 is 8.78 Å². The molecule has 1 aliphatic carbocycles. The van der Waals surface area contributed by atoms with Gasteiger partial charge in [-0.3, -0.25) is 0 Å². The third-order valence-corrected chi connectivity index (χ3v) is 3.86. The van der Waals surface area contributed by atoms with Gasteiger partial charge in [0.05, 0.1) is 5.52 Å².